The van der Waals surface area contributed by atoms with E-state index in [2.05, 4.69) is 0 Å². The van der Waals surface area contributed by atoms with Crippen LogP contribution < -0.4 is 5.73 Å². The first-order valence-corrected chi connectivity index (χ1v) is 8.21. The van der Waals surface area contributed by atoms with Gasteiger partial charge >= 0.3 is 0 Å². The minimum Gasteiger partial charge on any atom is -0.398 e. The summed E-state index contributed by atoms with van der Waals surface area (Å²) in [5.74, 6) is 0. The molecule has 2 rings (SSSR count). The minimum absolute atomic E-state index is 0.111. The van der Waals surface area contributed by atoms with Gasteiger partial charge in [-0.25, -0.2) is 8.42 Å². The van der Waals surface area contributed by atoms with Crippen LogP contribution in [0.15, 0.2) is 23.1 Å². The van der Waals surface area contributed by atoms with Gasteiger partial charge in [0.05, 0.1) is 5.69 Å². The van der Waals surface area contributed by atoms with Crippen molar-refractivity contribution in [2.75, 3.05) is 12.8 Å². The van der Waals surface area contributed by atoms with E-state index >= 15 is 0 Å². The number of nitrogens with zero attached hydrogens (tertiary/aromatic N) is 1. The number of nitrogens with two attached hydrogens (primary N) is 1. The number of rotatable bonds is 3. The maximum atomic E-state index is 12.6. The molecule has 0 radical (unpaired) electrons. The molecule has 0 saturated heterocycles. The zero-order valence-corrected chi connectivity index (χ0v) is 12.4. The highest BCUT2D eigenvalue weighted by atomic mass is 32.2. The number of aryl methyl sites for hydroxylation is 1. The van der Waals surface area contributed by atoms with Gasteiger partial charge in [0.1, 0.15) is 4.90 Å². The Labute approximate surface area is 115 Å². The first-order valence-electron chi connectivity index (χ1n) is 6.77. The number of benzene rings is 1. The molecule has 19 heavy (non-hydrogen) atoms. The quantitative estimate of drug-likeness (QED) is 0.866. The van der Waals surface area contributed by atoms with E-state index < -0.39 is 10.0 Å². The Morgan fingerprint density at radius 2 is 1.84 bits per heavy atom. The van der Waals surface area contributed by atoms with Gasteiger partial charge in [0, 0.05) is 13.1 Å². The molecule has 0 unspecified atom stereocenters. The van der Waals surface area contributed by atoms with Gasteiger partial charge < -0.3 is 5.73 Å². The van der Waals surface area contributed by atoms with Crippen LogP contribution >= 0.6 is 0 Å². The fraction of sp³-hybridized carbons (Fsp3) is 0.571. The van der Waals surface area contributed by atoms with E-state index in [0.29, 0.717) is 5.69 Å². The van der Waals surface area contributed by atoms with Crippen molar-refractivity contribution in [3.05, 3.63) is 23.8 Å². The fourth-order valence-corrected chi connectivity index (χ4v) is 4.21. The van der Waals surface area contributed by atoms with E-state index in [4.69, 9.17) is 5.73 Å². The predicted molar refractivity (Wildman–Crippen MR) is 77.4 cm³/mol. The summed E-state index contributed by atoms with van der Waals surface area (Å²) in [6.07, 6.45) is 5.31. The van der Waals surface area contributed by atoms with Gasteiger partial charge in [0.15, 0.2) is 0 Å². The largest absolute Gasteiger partial charge is 0.398 e. The summed E-state index contributed by atoms with van der Waals surface area (Å²) >= 11 is 0. The van der Waals surface area contributed by atoms with Gasteiger partial charge in [-0.2, -0.15) is 4.31 Å². The highest BCUT2D eigenvalue weighted by Crippen LogP contribution is 2.29. The van der Waals surface area contributed by atoms with Crippen LogP contribution in [0.25, 0.3) is 0 Å². The van der Waals surface area contributed by atoms with Crippen LogP contribution in [-0.4, -0.2) is 25.8 Å². The average molecular weight is 282 g/mol. The SMILES string of the molecule is Cc1ccc(S(=O)(=O)N(C)C2CCCCC2)c(N)c1. The molecule has 2 N–H and O–H groups in total. The maximum absolute atomic E-state index is 12.6. The molecule has 0 aromatic heterocycles. The second-order valence-electron chi connectivity index (χ2n) is 5.35. The Hall–Kier alpha value is -1.07. The molecule has 0 aliphatic heterocycles. The highest BCUT2D eigenvalue weighted by molar-refractivity contribution is 7.89. The van der Waals surface area contributed by atoms with Crippen LogP contribution in [0.2, 0.25) is 0 Å². The molecule has 0 heterocycles. The van der Waals surface area contributed by atoms with E-state index in [1.165, 1.54) is 10.7 Å². The average Bonchev–Trinajstić information content (AvgIpc) is 2.38. The Morgan fingerprint density at radius 3 is 2.42 bits per heavy atom. The molecule has 1 aromatic carbocycles. The summed E-state index contributed by atoms with van der Waals surface area (Å²) in [4.78, 5) is 0.228. The van der Waals surface area contributed by atoms with Crippen LogP contribution in [0.5, 0.6) is 0 Å². The number of hydrogen-bond acceptors (Lipinski definition) is 3. The summed E-state index contributed by atoms with van der Waals surface area (Å²) in [5.41, 5.74) is 7.17. The highest BCUT2D eigenvalue weighted by Gasteiger charge is 2.30. The third-order valence-corrected chi connectivity index (χ3v) is 5.90. The van der Waals surface area contributed by atoms with Crippen molar-refractivity contribution in [3.63, 3.8) is 0 Å². The lowest BCUT2D eigenvalue weighted by Crippen LogP contribution is -2.38. The Morgan fingerprint density at radius 1 is 1.21 bits per heavy atom. The van der Waals surface area contributed by atoms with Gasteiger partial charge in [-0.3, -0.25) is 0 Å². The molecule has 1 aliphatic carbocycles. The second-order valence-corrected chi connectivity index (χ2v) is 7.32. The first-order chi connectivity index (χ1) is 8.93. The molecule has 1 aliphatic rings. The molecular weight excluding hydrogens is 260 g/mol. The first kappa shape index (κ1) is 14.3. The second kappa shape index (κ2) is 5.51. The minimum atomic E-state index is -3.48. The van der Waals surface area contributed by atoms with Crippen LogP contribution in [0, 0.1) is 6.92 Å². The molecule has 4 nitrogen and oxygen atoms in total. The van der Waals surface area contributed by atoms with E-state index in [9.17, 15) is 8.42 Å². The van der Waals surface area contributed by atoms with Gasteiger partial charge in [-0.15, -0.1) is 0 Å². The summed E-state index contributed by atoms with van der Waals surface area (Å²) in [7, 11) is -1.81. The Bertz CT molecular complexity index is 549. The number of anilines is 1. The standard InChI is InChI=1S/C14H22N2O2S/c1-11-8-9-14(13(15)10-11)19(17,18)16(2)12-6-4-3-5-7-12/h8-10,12H,3-7,15H2,1-2H3. The number of sulfonamides is 1. The van der Waals surface area contributed by atoms with Crippen molar-refractivity contribution in [1.29, 1.82) is 0 Å². The fourth-order valence-electron chi connectivity index (χ4n) is 2.70. The van der Waals surface area contributed by atoms with Gasteiger partial charge in [0.2, 0.25) is 10.0 Å². The normalized spacial score (nSPS) is 17.8. The summed E-state index contributed by atoms with van der Waals surface area (Å²) in [5, 5.41) is 0. The third kappa shape index (κ3) is 2.92. The molecule has 1 saturated carbocycles. The molecule has 1 aromatic rings. The van der Waals surface area contributed by atoms with Gasteiger partial charge in [0.25, 0.3) is 0 Å². The van der Waals surface area contributed by atoms with Crippen molar-refractivity contribution < 1.29 is 8.42 Å². The zero-order valence-electron chi connectivity index (χ0n) is 11.6. The summed E-state index contributed by atoms with van der Waals surface area (Å²) in [6.45, 7) is 1.90. The molecule has 106 valence electrons. The topological polar surface area (TPSA) is 63.4 Å². The molecule has 1 fully saturated rings. The Kier molecular flexibility index (Phi) is 4.16. The van der Waals surface area contributed by atoms with E-state index in [-0.39, 0.29) is 10.9 Å². The lowest BCUT2D eigenvalue weighted by atomic mass is 9.96. The molecule has 0 amide bonds. The zero-order chi connectivity index (χ0) is 14.0. The number of nitrogen functional groups attached to an aromatic ring is 1. The van der Waals surface area contributed by atoms with Gasteiger partial charge in [-0.05, 0) is 37.5 Å². The van der Waals surface area contributed by atoms with Crippen LogP contribution in [0.4, 0.5) is 5.69 Å². The molecule has 0 spiro atoms. The van der Waals surface area contributed by atoms with Crippen LogP contribution in [0.3, 0.4) is 0 Å². The van der Waals surface area contributed by atoms with Crippen molar-refractivity contribution in [2.24, 2.45) is 0 Å². The Balaban J connectivity index is 2.30. The maximum Gasteiger partial charge on any atom is 0.245 e. The van der Waals surface area contributed by atoms with Crippen molar-refractivity contribution in [2.45, 2.75) is 50.0 Å². The van der Waals surface area contributed by atoms with E-state index in [1.54, 1.807) is 25.2 Å². The number of hydrogen-bond donors (Lipinski definition) is 1. The van der Waals surface area contributed by atoms with Crippen molar-refractivity contribution in [3.8, 4) is 0 Å². The molecule has 0 atom stereocenters. The lowest BCUT2D eigenvalue weighted by molar-refractivity contribution is 0.286. The molecule has 5 heteroatoms. The molecular formula is C14H22N2O2S. The monoisotopic (exact) mass is 282 g/mol. The third-order valence-electron chi connectivity index (χ3n) is 3.91. The van der Waals surface area contributed by atoms with Gasteiger partial charge in [-0.1, -0.05) is 25.3 Å². The van der Waals surface area contributed by atoms with Crippen molar-refractivity contribution >= 4 is 15.7 Å². The summed E-state index contributed by atoms with van der Waals surface area (Å²) in [6, 6.07) is 5.22. The predicted octanol–water partition coefficient (Wildman–Crippen LogP) is 2.53. The van der Waals surface area contributed by atoms with E-state index in [0.717, 1.165) is 31.2 Å². The molecule has 0 bridgehead atoms. The van der Waals surface area contributed by atoms with Crippen LogP contribution in [-0.2, 0) is 10.0 Å². The summed E-state index contributed by atoms with van der Waals surface area (Å²) < 4.78 is 26.7. The van der Waals surface area contributed by atoms with Crippen LogP contribution in [0.1, 0.15) is 37.7 Å². The lowest BCUT2D eigenvalue weighted by Gasteiger charge is -2.30. The smallest absolute Gasteiger partial charge is 0.245 e. The van der Waals surface area contributed by atoms with Crippen molar-refractivity contribution in [1.82, 2.24) is 4.31 Å². The van der Waals surface area contributed by atoms with E-state index in [1.807, 2.05) is 6.92 Å².